The number of benzene rings is 1. The largest absolute Gasteiger partial charge is 0.333 e. The fraction of sp³-hybridized carbons (Fsp3) is 0.273. The van der Waals surface area contributed by atoms with Crippen molar-refractivity contribution in [2.75, 3.05) is 6.16 Å². The van der Waals surface area contributed by atoms with Gasteiger partial charge in [-0.3, -0.25) is 24.0 Å². The maximum atomic E-state index is 11.4. The van der Waals surface area contributed by atoms with Gasteiger partial charge in [0.2, 0.25) is 0 Å². The highest BCUT2D eigenvalue weighted by atomic mass is 79.9. The molecule has 3 rings (SSSR count). The molecule has 0 aliphatic carbocycles. The highest BCUT2D eigenvalue weighted by Crippen LogP contribution is 2.52. The summed E-state index contributed by atoms with van der Waals surface area (Å²) >= 11 is 3.32. The molecule has 2 aromatic rings. The van der Waals surface area contributed by atoms with Gasteiger partial charge in [-0.2, -0.15) is 0 Å². The van der Waals surface area contributed by atoms with Crippen LogP contribution < -0.4 is 16.4 Å². The van der Waals surface area contributed by atoms with Crippen LogP contribution in [-0.2, 0) is 15.6 Å². The molecule has 1 aromatic heterocycles. The van der Waals surface area contributed by atoms with E-state index in [9.17, 15) is 14.2 Å². The Balaban J connectivity index is 1.91. The number of fused-ring (bicyclic) bond motifs is 1. The molecule has 112 valence electrons. The van der Waals surface area contributed by atoms with E-state index in [1.165, 1.54) is 0 Å². The standard InChI is InChI=1S/C11H11BrN3O5P/c12-6-1-5(3-13-8-4-21(18,19)20-8)9-7(2-6)14-10(16)11(17)15-9/h1-2,8,13H,3-4H2,(H,14,16)(H,15,17)(H,18,19). The van der Waals surface area contributed by atoms with Gasteiger partial charge >= 0.3 is 18.7 Å². The molecule has 0 bridgehead atoms. The van der Waals surface area contributed by atoms with E-state index in [2.05, 4.69) is 31.2 Å². The van der Waals surface area contributed by atoms with Gasteiger partial charge in [0.25, 0.3) is 0 Å². The highest BCUT2D eigenvalue weighted by molar-refractivity contribution is 9.10. The normalized spacial score (nSPS) is 25.0. The topological polar surface area (TPSA) is 124 Å². The molecule has 21 heavy (non-hydrogen) atoms. The smallest absolute Gasteiger partial charge is 0.324 e. The second-order valence-corrected chi connectivity index (χ2v) is 7.46. The Morgan fingerprint density at radius 3 is 2.71 bits per heavy atom. The molecule has 4 N–H and O–H groups in total. The summed E-state index contributed by atoms with van der Waals surface area (Å²) in [4.78, 5) is 36.9. The summed E-state index contributed by atoms with van der Waals surface area (Å²) in [5.41, 5.74) is 0.264. The van der Waals surface area contributed by atoms with Gasteiger partial charge in [0.05, 0.1) is 17.2 Å². The number of halogens is 1. The molecular weight excluding hydrogens is 365 g/mol. The Morgan fingerprint density at radius 2 is 2.05 bits per heavy atom. The first kappa shape index (κ1) is 14.7. The lowest BCUT2D eigenvalue weighted by Gasteiger charge is -2.31. The van der Waals surface area contributed by atoms with Gasteiger partial charge in [-0.05, 0) is 17.7 Å². The first-order chi connectivity index (χ1) is 9.84. The Hall–Kier alpha value is -1.25. The average Bonchev–Trinajstić information content (AvgIpc) is 2.35. The SMILES string of the molecule is O=c1[nH]c2cc(Br)cc(CNC3CP(=O)(O)O3)c2[nH]c1=O. The van der Waals surface area contributed by atoms with Crippen LogP contribution in [0.3, 0.4) is 0 Å². The number of H-pyrrole nitrogens is 2. The molecule has 1 fully saturated rings. The van der Waals surface area contributed by atoms with E-state index in [4.69, 9.17) is 9.42 Å². The van der Waals surface area contributed by atoms with E-state index < -0.39 is 24.9 Å². The van der Waals surface area contributed by atoms with Crippen molar-refractivity contribution >= 4 is 34.6 Å². The third kappa shape index (κ3) is 3.02. The fourth-order valence-electron chi connectivity index (χ4n) is 2.12. The first-order valence-corrected chi connectivity index (χ1v) is 8.58. The van der Waals surface area contributed by atoms with Crippen molar-refractivity contribution in [3.63, 3.8) is 0 Å². The lowest BCUT2D eigenvalue weighted by Crippen LogP contribution is -2.41. The quantitative estimate of drug-likeness (QED) is 0.460. The van der Waals surface area contributed by atoms with Crippen molar-refractivity contribution in [2.45, 2.75) is 12.8 Å². The minimum atomic E-state index is -3.39. The number of aromatic nitrogens is 2. The van der Waals surface area contributed by atoms with Gasteiger partial charge in [0.1, 0.15) is 6.23 Å². The summed E-state index contributed by atoms with van der Waals surface area (Å²) < 4.78 is 16.6. The number of hydrogen-bond donors (Lipinski definition) is 4. The molecule has 0 saturated carbocycles. The van der Waals surface area contributed by atoms with E-state index in [1.54, 1.807) is 12.1 Å². The number of aromatic amines is 2. The van der Waals surface area contributed by atoms with Crippen molar-refractivity contribution < 1.29 is 14.0 Å². The second-order valence-electron chi connectivity index (χ2n) is 4.69. The molecule has 10 heteroatoms. The zero-order valence-corrected chi connectivity index (χ0v) is 13.0. The summed E-state index contributed by atoms with van der Waals surface area (Å²) in [5.74, 6) is 0. The molecule has 8 nitrogen and oxygen atoms in total. The Labute approximate surface area is 126 Å². The van der Waals surface area contributed by atoms with E-state index in [0.717, 1.165) is 10.0 Å². The van der Waals surface area contributed by atoms with Crippen molar-refractivity contribution in [1.29, 1.82) is 0 Å². The molecule has 1 aliphatic heterocycles. The van der Waals surface area contributed by atoms with Crippen molar-refractivity contribution in [3.05, 3.63) is 42.9 Å². The van der Waals surface area contributed by atoms with E-state index in [0.29, 0.717) is 17.6 Å². The zero-order chi connectivity index (χ0) is 15.2. The van der Waals surface area contributed by atoms with E-state index in [1.807, 2.05) is 0 Å². The van der Waals surface area contributed by atoms with Crippen LogP contribution in [0.1, 0.15) is 5.56 Å². The summed E-state index contributed by atoms with van der Waals surface area (Å²) in [5, 5.41) is 2.96. The zero-order valence-electron chi connectivity index (χ0n) is 10.6. The molecule has 1 saturated heterocycles. The molecule has 0 spiro atoms. The number of nitrogens with one attached hydrogen (secondary N) is 3. The minimum absolute atomic E-state index is 0.0479. The molecule has 0 amide bonds. The van der Waals surface area contributed by atoms with Crippen LogP contribution in [0.4, 0.5) is 0 Å². The van der Waals surface area contributed by atoms with Gasteiger partial charge in [-0.15, -0.1) is 0 Å². The van der Waals surface area contributed by atoms with Gasteiger partial charge < -0.3 is 14.9 Å². The van der Waals surface area contributed by atoms with Crippen LogP contribution in [0.25, 0.3) is 11.0 Å². The molecule has 2 unspecified atom stereocenters. The van der Waals surface area contributed by atoms with Crippen molar-refractivity contribution in [3.8, 4) is 0 Å². The van der Waals surface area contributed by atoms with Crippen LogP contribution in [0.2, 0.25) is 0 Å². The van der Waals surface area contributed by atoms with Gasteiger partial charge in [0.15, 0.2) is 0 Å². The highest BCUT2D eigenvalue weighted by Gasteiger charge is 2.39. The number of hydrogen-bond acceptors (Lipinski definition) is 5. The molecule has 1 aliphatic rings. The fourth-order valence-corrected chi connectivity index (χ4v) is 3.63. The predicted octanol–water partition coefficient (Wildman–Crippen LogP) is 0.610. The third-order valence-electron chi connectivity index (χ3n) is 3.09. The monoisotopic (exact) mass is 375 g/mol. The predicted molar refractivity (Wildman–Crippen MR) is 79.3 cm³/mol. The van der Waals surface area contributed by atoms with Crippen molar-refractivity contribution in [1.82, 2.24) is 15.3 Å². The Kier molecular flexibility index (Phi) is 3.62. The van der Waals surface area contributed by atoms with Crippen LogP contribution in [0.15, 0.2) is 26.2 Å². The Morgan fingerprint density at radius 1 is 1.38 bits per heavy atom. The average molecular weight is 376 g/mol. The lowest BCUT2D eigenvalue weighted by molar-refractivity contribution is 0.102. The lowest BCUT2D eigenvalue weighted by atomic mass is 10.1. The van der Waals surface area contributed by atoms with Crippen LogP contribution in [-0.4, -0.2) is 27.3 Å². The van der Waals surface area contributed by atoms with Gasteiger partial charge in [-0.25, -0.2) is 0 Å². The maximum absolute atomic E-state index is 11.4. The summed E-state index contributed by atoms with van der Waals surface area (Å²) in [6.45, 7) is 0.308. The van der Waals surface area contributed by atoms with Gasteiger partial charge in [-0.1, -0.05) is 15.9 Å². The van der Waals surface area contributed by atoms with E-state index in [-0.39, 0.29) is 6.16 Å². The molecule has 2 heterocycles. The molecule has 1 aromatic carbocycles. The van der Waals surface area contributed by atoms with Crippen LogP contribution in [0.5, 0.6) is 0 Å². The Bertz CT molecular complexity index is 866. The minimum Gasteiger partial charge on any atom is -0.324 e. The summed E-state index contributed by atoms with van der Waals surface area (Å²) in [7, 11) is -3.39. The molecule has 2 atom stereocenters. The number of rotatable bonds is 3. The van der Waals surface area contributed by atoms with Crippen LogP contribution >= 0.6 is 23.5 Å². The van der Waals surface area contributed by atoms with Crippen molar-refractivity contribution in [2.24, 2.45) is 0 Å². The maximum Gasteiger partial charge on any atom is 0.333 e. The molecular formula is C11H11BrN3O5P. The summed E-state index contributed by atoms with van der Waals surface area (Å²) in [6.07, 6.45) is -0.448. The van der Waals surface area contributed by atoms with Gasteiger partial charge in [0, 0.05) is 11.0 Å². The van der Waals surface area contributed by atoms with E-state index >= 15 is 0 Å². The second kappa shape index (κ2) is 5.19. The molecule has 0 radical (unpaired) electrons. The van der Waals surface area contributed by atoms with Crippen LogP contribution in [0, 0.1) is 0 Å². The third-order valence-corrected chi connectivity index (χ3v) is 4.92. The first-order valence-electron chi connectivity index (χ1n) is 6.02. The summed E-state index contributed by atoms with van der Waals surface area (Å²) in [6, 6.07) is 3.46.